The Kier molecular flexibility index (Phi) is 4.26. The quantitative estimate of drug-likeness (QED) is 0.555. The average molecular weight is 374 g/mol. The number of benzene rings is 2. The summed E-state index contributed by atoms with van der Waals surface area (Å²) in [5, 5.41) is 7.20. The van der Waals surface area contributed by atoms with Gasteiger partial charge in [-0.25, -0.2) is 9.67 Å². The van der Waals surface area contributed by atoms with E-state index >= 15 is 0 Å². The molecule has 6 nitrogen and oxygen atoms in total. The number of carbonyl (C=O) groups excluding carboxylic acids is 1. The van der Waals surface area contributed by atoms with E-state index in [1.54, 1.807) is 18.3 Å². The zero-order chi connectivity index (χ0) is 19.9. The first-order valence-corrected chi connectivity index (χ1v) is 9.15. The minimum Gasteiger partial charge on any atom is -0.440 e. The van der Waals surface area contributed by atoms with Crippen LogP contribution in [0.25, 0.3) is 16.8 Å². The van der Waals surface area contributed by atoms with Crippen LogP contribution in [-0.4, -0.2) is 20.7 Å². The van der Waals surface area contributed by atoms with Crippen molar-refractivity contribution in [1.29, 1.82) is 0 Å². The van der Waals surface area contributed by atoms with Crippen molar-refractivity contribution in [3.8, 4) is 5.69 Å². The van der Waals surface area contributed by atoms with E-state index in [-0.39, 0.29) is 11.3 Å². The number of rotatable bonds is 3. The Morgan fingerprint density at radius 3 is 2.46 bits per heavy atom. The van der Waals surface area contributed by atoms with Crippen molar-refractivity contribution >= 4 is 22.7 Å². The van der Waals surface area contributed by atoms with Crippen LogP contribution in [0.2, 0.25) is 0 Å². The van der Waals surface area contributed by atoms with Crippen LogP contribution in [0.3, 0.4) is 0 Å². The molecule has 2 aromatic carbocycles. The third kappa shape index (κ3) is 3.41. The molecule has 4 aromatic rings. The summed E-state index contributed by atoms with van der Waals surface area (Å²) in [7, 11) is 0. The van der Waals surface area contributed by atoms with Gasteiger partial charge >= 0.3 is 0 Å². The zero-order valence-corrected chi connectivity index (χ0v) is 16.4. The molecule has 0 aliphatic rings. The number of amides is 1. The molecule has 0 aliphatic carbocycles. The minimum atomic E-state index is -0.178. The SMILES string of the molecule is Cc1ccnn1-c1ccc(C(=O)Nc2ccc3oc(C(C)(C)C)nc3c2)cc1. The second-order valence-corrected chi connectivity index (χ2v) is 7.84. The van der Waals surface area contributed by atoms with Crippen LogP contribution >= 0.6 is 0 Å². The van der Waals surface area contributed by atoms with Crippen LogP contribution in [0.15, 0.2) is 59.1 Å². The molecule has 2 aromatic heterocycles. The van der Waals surface area contributed by atoms with E-state index in [0.717, 1.165) is 16.9 Å². The van der Waals surface area contributed by atoms with Gasteiger partial charge in [0.1, 0.15) is 5.52 Å². The molecule has 0 aliphatic heterocycles. The lowest BCUT2D eigenvalue weighted by molar-refractivity contribution is 0.102. The molecule has 28 heavy (non-hydrogen) atoms. The highest BCUT2D eigenvalue weighted by molar-refractivity contribution is 6.05. The number of hydrogen-bond donors (Lipinski definition) is 1. The number of fused-ring (bicyclic) bond motifs is 1. The van der Waals surface area contributed by atoms with Crippen molar-refractivity contribution in [1.82, 2.24) is 14.8 Å². The van der Waals surface area contributed by atoms with Gasteiger partial charge in [0.2, 0.25) is 5.89 Å². The van der Waals surface area contributed by atoms with Gasteiger partial charge in [-0.2, -0.15) is 5.10 Å². The predicted molar refractivity (Wildman–Crippen MR) is 109 cm³/mol. The Morgan fingerprint density at radius 2 is 1.82 bits per heavy atom. The molecule has 0 saturated heterocycles. The molecule has 0 spiro atoms. The predicted octanol–water partition coefficient (Wildman–Crippen LogP) is 4.87. The number of oxazole rings is 1. The normalized spacial score (nSPS) is 11.7. The molecule has 0 unspecified atom stereocenters. The van der Waals surface area contributed by atoms with Crippen LogP contribution in [0.4, 0.5) is 5.69 Å². The highest BCUT2D eigenvalue weighted by Crippen LogP contribution is 2.27. The van der Waals surface area contributed by atoms with Gasteiger partial charge < -0.3 is 9.73 Å². The maximum atomic E-state index is 12.6. The zero-order valence-electron chi connectivity index (χ0n) is 16.4. The summed E-state index contributed by atoms with van der Waals surface area (Å²) in [6.45, 7) is 8.14. The molecule has 0 radical (unpaired) electrons. The van der Waals surface area contributed by atoms with Crippen molar-refractivity contribution in [3.63, 3.8) is 0 Å². The van der Waals surface area contributed by atoms with Gasteiger partial charge in [0, 0.05) is 28.6 Å². The van der Waals surface area contributed by atoms with Gasteiger partial charge in [-0.15, -0.1) is 0 Å². The standard InChI is InChI=1S/C22H22N4O2/c1-14-11-12-23-26(14)17-8-5-15(6-9-17)20(27)24-16-7-10-19-18(13-16)25-21(28-19)22(2,3)4/h5-13H,1-4H3,(H,24,27). The fourth-order valence-corrected chi connectivity index (χ4v) is 2.92. The number of nitrogens with one attached hydrogen (secondary N) is 1. The van der Waals surface area contributed by atoms with Gasteiger partial charge in [0.15, 0.2) is 5.58 Å². The van der Waals surface area contributed by atoms with E-state index in [1.807, 2.05) is 48.0 Å². The number of carbonyl (C=O) groups is 1. The maximum Gasteiger partial charge on any atom is 0.255 e. The smallest absolute Gasteiger partial charge is 0.255 e. The molecular weight excluding hydrogens is 352 g/mol. The van der Waals surface area contributed by atoms with E-state index < -0.39 is 0 Å². The van der Waals surface area contributed by atoms with Crippen molar-refractivity contribution < 1.29 is 9.21 Å². The van der Waals surface area contributed by atoms with Gasteiger partial charge in [0.05, 0.1) is 5.69 Å². The molecule has 142 valence electrons. The van der Waals surface area contributed by atoms with E-state index in [2.05, 4.69) is 36.2 Å². The lowest BCUT2D eigenvalue weighted by Gasteiger charge is -2.11. The largest absolute Gasteiger partial charge is 0.440 e. The third-order valence-electron chi connectivity index (χ3n) is 4.49. The number of anilines is 1. The molecule has 0 bridgehead atoms. The number of hydrogen-bond acceptors (Lipinski definition) is 4. The van der Waals surface area contributed by atoms with Crippen LogP contribution in [-0.2, 0) is 5.41 Å². The van der Waals surface area contributed by atoms with Gasteiger partial charge in [-0.1, -0.05) is 20.8 Å². The van der Waals surface area contributed by atoms with Crippen LogP contribution in [0.5, 0.6) is 0 Å². The van der Waals surface area contributed by atoms with E-state index in [4.69, 9.17) is 4.42 Å². The van der Waals surface area contributed by atoms with Gasteiger partial charge in [-0.3, -0.25) is 4.79 Å². The molecule has 4 rings (SSSR count). The van der Waals surface area contributed by atoms with Crippen LogP contribution in [0.1, 0.15) is 42.7 Å². The Morgan fingerprint density at radius 1 is 1.07 bits per heavy atom. The van der Waals surface area contributed by atoms with E-state index in [9.17, 15) is 4.79 Å². The van der Waals surface area contributed by atoms with Crippen molar-refractivity contribution in [2.75, 3.05) is 5.32 Å². The topological polar surface area (TPSA) is 73.0 Å². The number of aromatic nitrogens is 3. The first kappa shape index (κ1) is 18.0. The lowest BCUT2D eigenvalue weighted by atomic mass is 9.97. The number of nitrogens with zero attached hydrogens (tertiary/aromatic N) is 3. The van der Waals surface area contributed by atoms with E-state index in [0.29, 0.717) is 22.7 Å². The third-order valence-corrected chi connectivity index (χ3v) is 4.49. The minimum absolute atomic E-state index is 0.170. The van der Waals surface area contributed by atoms with Crippen molar-refractivity contribution in [3.05, 3.63) is 71.9 Å². The highest BCUT2D eigenvalue weighted by Gasteiger charge is 2.21. The summed E-state index contributed by atoms with van der Waals surface area (Å²) >= 11 is 0. The second kappa shape index (κ2) is 6.64. The maximum absolute atomic E-state index is 12.6. The van der Waals surface area contributed by atoms with Crippen molar-refractivity contribution in [2.24, 2.45) is 0 Å². The van der Waals surface area contributed by atoms with Gasteiger partial charge in [0.25, 0.3) is 5.91 Å². The number of aryl methyl sites for hydroxylation is 1. The molecule has 6 heteroatoms. The first-order chi connectivity index (χ1) is 13.3. The van der Waals surface area contributed by atoms with E-state index in [1.165, 1.54) is 0 Å². The summed E-state index contributed by atoms with van der Waals surface area (Å²) in [4.78, 5) is 17.1. The summed E-state index contributed by atoms with van der Waals surface area (Å²) < 4.78 is 7.63. The van der Waals surface area contributed by atoms with Gasteiger partial charge in [-0.05, 0) is 55.5 Å². The fraction of sp³-hybridized carbons (Fsp3) is 0.227. The summed E-state index contributed by atoms with van der Waals surface area (Å²) in [6, 6.07) is 14.8. The van der Waals surface area contributed by atoms with Crippen LogP contribution < -0.4 is 5.32 Å². The molecule has 0 fully saturated rings. The molecule has 1 amide bonds. The monoisotopic (exact) mass is 374 g/mol. The molecule has 0 saturated carbocycles. The highest BCUT2D eigenvalue weighted by atomic mass is 16.3. The summed E-state index contributed by atoms with van der Waals surface area (Å²) in [6.07, 6.45) is 1.75. The summed E-state index contributed by atoms with van der Waals surface area (Å²) in [5.74, 6) is 0.498. The second-order valence-electron chi connectivity index (χ2n) is 7.84. The Balaban J connectivity index is 1.54. The van der Waals surface area contributed by atoms with Crippen molar-refractivity contribution in [2.45, 2.75) is 33.1 Å². The lowest BCUT2D eigenvalue weighted by Crippen LogP contribution is -2.12. The average Bonchev–Trinajstić information content (AvgIpc) is 3.27. The summed E-state index contributed by atoms with van der Waals surface area (Å²) in [5.41, 5.74) is 4.47. The Labute approximate surface area is 163 Å². The molecular formula is C22H22N4O2. The van der Waals surface area contributed by atoms with Crippen LogP contribution in [0, 0.1) is 6.92 Å². The molecule has 2 heterocycles. The first-order valence-electron chi connectivity index (χ1n) is 9.15. The molecule has 1 N–H and O–H groups in total. The Hall–Kier alpha value is -3.41. The molecule has 0 atom stereocenters. The fourth-order valence-electron chi connectivity index (χ4n) is 2.92. The Bertz CT molecular complexity index is 1150.